The lowest BCUT2D eigenvalue weighted by Gasteiger charge is -2.20. The van der Waals surface area contributed by atoms with Crippen molar-refractivity contribution in [1.29, 1.82) is 0 Å². The summed E-state index contributed by atoms with van der Waals surface area (Å²) in [5, 5.41) is 22.7. The smallest absolute Gasteiger partial charge is 0.247 e. The fraction of sp³-hybridized carbons (Fsp3) is 0.286. The third-order valence-electron chi connectivity index (χ3n) is 4.57. The number of phenolic OH excluding ortho intramolecular Hbond substituents is 1. The molecule has 0 fully saturated rings. The van der Waals surface area contributed by atoms with Gasteiger partial charge in [-0.15, -0.1) is 10.2 Å². The number of halogens is 1. The second kappa shape index (κ2) is 9.00. The zero-order valence-corrected chi connectivity index (χ0v) is 18.3. The molecule has 4 rings (SSSR count). The summed E-state index contributed by atoms with van der Waals surface area (Å²) in [5.74, 6) is 1.54. The lowest BCUT2D eigenvalue weighted by molar-refractivity contribution is 0.224. The topological polar surface area (TPSA) is 80.2 Å². The first-order valence-corrected chi connectivity index (χ1v) is 11.3. The minimum absolute atomic E-state index is 0.166. The maximum Gasteiger partial charge on any atom is 0.247 e. The van der Waals surface area contributed by atoms with Gasteiger partial charge in [-0.3, -0.25) is 0 Å². The summed E-state index contributed by atoms with van der Waals surface area (Å²) in [4.78, 5) is 4.65. The summed E-state index contributed by atoms with van der Waals surface area (Å²) in [6, 6.07) is 12.9. The number of unbranched alkanes of at least 4 members (excludes halogenated alkanes) is 2. The zero-order valence-electron chi connectivity index (χ0n) is 15.9. The highest BCUT2D eigenvalue weighted by atomic mass is 79.9. The minimum Gasteiger partial charge on any atom is -0.508 e. The van der Waals surface area contributed by atoms with Gasteiger partial charge < -0.3 is 15.2 Å². The molecule has 1 aliphatic rings. The fourth-order valence-corrected chi connectivity index (χ4v) is 4.33. The highest BCUT2D eigenvalue weighted by Crippen LogP contribution is 2.41. The van der Waals surface area contributed by atoms with Gasteiger partial charge in [0, 0.05) is 27.0 Å². The van der Waals surface area contributed by atoms with E-state index < -0.39 is 6.23 Å². The number of para-hydroxylation sites is 1. The van der Waals surface area contributed by atoms with Crippen molar-refractivity contribution in [2.24, 2.45) is 0 Å². The Balaban J connectivity index is 1.72. The van der Waals surface area contributed by atoms with E-state index in [2.05, 4.69) is 43.4 Å². The monoisotopic (exact) mass is 472 g/mol. The van der Waals surface area contributed by atoms with E-state index in [1.54, 1.807) is 30.0 Å². The molecule has 0 spiro atoms. The Morgan fingerprint density at radius 2 is 2.03 bits per heavy atom. The minimum atomic E-state index is -0.548. The number of phenols is 1. The number of nitrogens with one attached hydrogen (secondary N) is 1. The van der Waals surface area contributed by atoms with Crippen molar-refractivity contribution in [1.82, 2.24) is 15.2 Å². The first-order chi connectivity index (χ1) is 14.2. The molecule has 150 valence electrons. The Morgan fingerprint density at radius 1 is 1.17 bits per heavy atom. The summed E-state index contributed by atoms with van der Waals surface area (Å²) < 4.78 is 7.07. The second-order valence-corrected chi connectivity index (χ2v) is 8.61. The Kier molecular flexibility index (Phi) is 6.20. The first-order valence-electron chi connectivity index (χ1n) is 9.54. The Morgan fingerprint density at radius 3 is 2.90 bits per heavy atom. The largest absolute Gasteiger partial charge is 0.508 e. The molecule has 1 atom stereocenters. The summed E-state index contributed by atoms with van der Waals surface area (Å²) in [7, 11) is 0. The summed E-state index contributed by atoms with van der Waals surface area (Å²) in [6.07, 6.45) is 2.93. The average molecular weight is 473 g/mol. The third kappa shape index (κ3) is 4.48. The number of rotatable bonds is 6. The van der Waals surface area contributed by atoms with Gasteiger partial charge in [0.1, 0.15) is 5.75 Å². The molecule has 6 nitrogen and oxygen atoms in total. The van der Waals surface area contributed by atoms with Crippen LogP contribution in [0.15, 0.2) is 52.1 Å². The normalized spacial score (nSPS) is 14.9. The molecule has 0 saturated heterocycles. The van der Waals surface area contributed by atoms with Crippen molar-refractivity contribution in [3.63, 3.8) is 0 Å². The molecule has 8 heteroatoms. The molecule has 29 heavy (non-hydrogen) atoms. The van der Waals surface area contributed by atoms with Gasteiger partial charge >= 0.3 is 0 Å². The molecular weight excluding hydrogens is 452 g/mol. The van der Waals surface area contributed by atoms with Crippen LogP contribution in [0.1, 0.15) is 38.0 Å². The molecule has 0 aliphatic carbocycles. The number of nitrogens with zero attached hydrogens (tertiary/aromatic N) is 3. The highest BCUT2D eigenvalue weighted by molar-refractivity contribution is 9.10. The van der Waals surface area contributed by atoms with Gasteiger partial charge in [0.05, 0.1) is 0 Å². The molecule has 1 aromatic heterocycles. The molecule has 2 aromatic carbocycles. The number of anilines is 1. The van der Waals surface area contributed by atoms with Gasteiger partial charge in [0.2, 0.25) is 11.0 Å². The third-order valence-corrected chi connectivity index (χ3v) is 6.22. The number of benzene rings is 2. The predicted octanol–water partition coefficient (Wildman–Crippen LogP) is 5.79. The van der Waals surface area contributed by atoms with Crippen molar-refractivity contribution in [2.75, 3.05) is 11.1 Å². The number of aromatic hydroxyl groups is 1. The van der Waals surface area contributed by atoms with Crippen molar-refractivity contribution in [2.45, 2.75) is 37.6 Å². The summed E-state index contributed by atoms with van der Waals surface area (Å²) in [5.41, 5.74) is 3.11. The predicted molar refractivity (Wildman–Crippen MR) is 118 cm³/mol. The van der Waals surface area contributed by atoms with Crippen molar-refractivity contribution in [3.05, 3.63) is 52.5 Å². The molecule has 3 aromatic rings. The van der Waals surface area contributed by atoms with Gasteiger partial charge in [0.25, 0.3) is 0 Å². The van der Waals surface area contributed by atoms with Crippen LogP contribution in [0.3, 0.4) is 0 Å². The van der Waals surface area contributed by atoms with Crippen LogP contribution < -0.4 is 10.1 Å². The van der Waals surface area contributed by atoms with Crippen LogP contribution in [0, 0.1) is 0 Å². The standard InChI is InChI=1S/C21H21BrN4O2S/c1-2-3-6-11-29-21-24-20-18(25-26-21)14-7-4-5-8-17(14)23-19(28-20)15-12-13(27)9-10-16(15)22/h4-5,7-10,12,19,23,27H,2-3,6,11H2,1H3/t19-/m1/s1. The second-order valence-electron chi connectivity index (χ2n) is 6.70. The van der Waals surface area contributed by atoms with Crippen LogP contribution in [0.5, 0.6) is 11.6 Å². The van der Waals surface area contributed by atoms with E-state index in [1.165, 1.54) is 12.8 Å². The van der Waals surface area contributed by atoms with E-state index in [-0.39, 0.29) is 5.75 Å². The highest BCUT2D eigenvalue weighted by Gasteiger charge is 2.27. The molecule has 1 aliphatic heterocycles. The van der Waals surface area contributed by atoms with Gasteiger partial charge in [-0.1, -0.05) is 65.7 Å². The number of aromatic nitrogens is 3. The van der Waals surface area contributed by atoms with E-state index in [1.807, 2.05) is 24.3 Å². The van der Waals surface area contributed by atoms with E-state index in [4.69, 9.17) is 4.74 Å². The molecule has 0 saturated carbocycles. The van der Waals surface area contributed by atoms with Gasteiger partial charge in [-0.2, -0.15) is 4.98 Å². The van der Waals surface area contributed by atoms with Crippen LogP contribution in [-0.2, 0) is 0 Å². The lowest BCUT2D eigenvalue weighted by atomic mass is 10.1. The van der Waals surface area contributed by atoms with Gasteiger partial charge in [-0.25, -0.2) is 0 Å². The molecule has 2 N–H and O–H groups in total. The summed E-state index contributed by atoms with van der Waals surface area (Å²) >= 11 is 5.14. The quantitative estimate of drug-likeness (QED) is 0.346. The van der Waals surface area contributed by atoms with E-state index >= 15 is 0 Å². The van der Waals surface area contributed by atoms with Crippen LogP contribution in [0.2, 0.25) is 0 Å². The SMILES string of the molecule is CCCCCSc1nnc2c(n1)O[C@H](c1cc(O)ccc1Br)Nc1ccccc1-2. The van der Waals surface area contributed by atoms with E-state index in [0.29, 0.717) is 16.7 Å². The van der Waals surface area contributed by atoms with Crippen LogP contribution in [0.4, 0.5) is 5.69 Å². The molecule has 0 bridgehead atoms. The van der Waals surface area contributed by atoms with Gasteiger partial charge in [0.15, 0.2) is 11.9 Å². The zero-order chi connectivity index (χ0) is 20.2. The maximum absolute atomic E-state index is 9.97. The van der Waals surface area contributed by atoms with Crippen molar-refractivity contribution >= 4 is 33.4 Å². The maximum atomic E-state index is 9.97. The number of hydrogen-bond acceptors (Lipinski definition) is 7. The van der Waals surface area contributed by atoms with E-state index in [9.17, 15) is 5.11 Å². The van der Waals surface area contributed by atoms with Crippen molar-refractivity contribution in [3.8, 4) is 22.9 Å². The Labute approximate surface area is 182 Å². The molecular formula is C21H21BrN4O2S. The Hall–Kier alpha value is -2.32. The Bertz CT molecular complexity index is 1020. The number of hydrogen-bond donors (Lipinski definition) is 2. The number of thioether (sulfide) groups is 1. The fourth-order valence-electron chi connectivity index (χ4n) is 3.10. The van der Waals surface area contributed by atoms with Crippen LogP contribution in [0.25, 0.3) is 11.3 Å². The average Bonchev–Trinajstić information content (AvgIpc) is 2.89. The van der Waals surface area contributed by atoms with Gasteiger partial charge in [-0.05, 0) is 30.7 Å². The molecule has 0 unspecified atom stereocenters. The van der Waals surface area contributed by atoms with Crippen molar-refractivity contribution < 1.29 is 9.84 Å². The lowest BCUT2D eigenvalue weighted by Crippen LogP contribution is -2.17. The molecule has 2 heterocycles. The first kappa shape index (κ1) is 20.0. The molecule has 0 radical (unpaired) electrons. The number of ether oxygens (including phenoxy) is 1. The van der Waals surface area contributed by atoms with Crippen LogP contribution >= 0.6 is 27.7 Å². The van der Waals surface area contributed by atoms with Crippen LogP contribution in [-0.4, -0.2) is 26.0 Å². The number of fused-ring (bicyclic) bond motifs is 3. The molecule has 0 amide bonds. The van der Waals surface area contributed by atoms with E-state index in [0.717, 1.165) is 33.5 Å². The summed E-state index contributed by atoms with van der Waals surface area (Å²) in [6.45, 7) is 2.18.